The maximum absolute atomic E-state index is 9.64. The van der Waals surface area contributed by atoms with Crippen LogP contribution in [-0.2, 0) is 0 Å². The van der Waals surface area contributed by atoms with Crippen molar-refractivity contribution in [2.45, 2.75) is 23.7 Å². The van der Waals surface area contributed by atoms with Crippen molar-refractivity contribution in [1.29, 1.82) is 21.0 Å². The Hall–Kier alpha value is -7.50. The molecule has 252 valence electrons. The molecule has 4 nitrogen and oxygen atoms in total. The van der Waals surface area contributed by atoms with Gasteiger partial charge in [0, 0.05) is 11.8 Å². The third-order valence-corrected chi connectivity index (χ3v) is 10.6. The van der Waals surface area contributed by atoms with Gasteiger partial charge < -0.3 is 0 Å². The molecular weight excluding hydrogens is 657 g/mol. The predicted octanol–water partition coefficient (Wildman–Crippen LogP) is 11.6. The molecule has 0 saturated carbocycles. The molecule has 0 amide bonds. The number of nitriles is 4. The summed E-state index contributed by atoms with van der Waals surface area (Å²) < 4.78 is 0. The molecule has 0 N–H and O–H groups in total. The van der Waals surface area contributed by atoms with Crippen molar-refractivity contribution in [2.24, 2.45) is 0 Å². The lowest BCUT2D eigenvalue weighted by Gasteiger charge is -2.21. The van der Waals surface area contributed by atoms with Crippen molar-refractivity contribution in [3.8, 4) is 57.7 Å². The highest BCUT2D eigenvalue weighted by molar-refractivity contribution is 5.83. The number of benzene rings is 2. The van der Waals surface area contributed by atoms with Crippen molar-refractivity contribution in [3.05, 3.63) is 214 Å². The van der Waals surface area contributed by atoms with Crippen LogP contribution in [0.15, 0.2) is 170 Å². The molecule has 0 saturated heterocycles. The molecule has 2 aromatic rings. The largest absolute Gasteiger partial charge is 0.196 e. The lowest BCUT2D eigenvalue weighted by atomic mass is 9.82. The van der Waals surface area contributed by atoms with E-state index in [-0.39, 0.29) is 11.8 Å². The molecule has 0 radical (unpaired) electrons. The highest BCUT2D eigenvalue weighted by Gasteiger charge is 2.32. The summed E-state index contributed by atoms with van der Waals surface area (Å²) in [6, 6.07) is 67.2. The van der Waals surface area contributed by atoms with E-state index in [1.165, 1.54) is 11.1 Å². The minimum Gasteiger partial charge on any atom is -0.196 e. The van der Waals surface area contributed by atoms with Gasteiger partial charge in [0.2, 0.25) is 0 Å². The Balaban J connectivity index is 1.39. The number of rotatable bonds is 8. The van der Waals surface area contributed by atoms with E-state index in [9.17, 15) is 21.0 Å². The fourth-order valence-electron chi connectivity index (χ4n) is 8.00. The number of fused-ring (bicyclic) bond motifs is 3. The summed E-state index contributed by atoms with van der Waals surface area (Å²) in [5.74, 6) is -2.04. The van der Waals surface area contributed by atoms with Gasteiger partial charge in [-0.25, -0.2) is 0 Å². The van der Waals surface area contributed by atoms with Crippen LogP contribution in [0.25, 0.3) is 33.4 Å². The molecule has 0 heterocycles. The second kappa shape index (κ2) is 14.6. The summed E-state index contributed by atoms with van der Waals surface area (Å²) in [4.78, 5) is 0. The van der Waals surface area contributed by atoms with Gasteiger partial charge in [-0.3, -0.25) is 0 Å². The Morgan fingerprint density at radius 3 is 1.00 bits per heavy atom. The Morgan fingerprint density at radius 2 is 0.630 bits per heavy atom. The lowest BCUT2D eigenvalue weighted by Crippen LogP contribution is -2.05. The Kier molecular flexibility index (Phi) is 9.11. The second-order valence-corrected chi connectivity index (χ2v) is 13.5. The average Bonchev–Trinajstić information content (AvgIpc) is 3.64. The van der Waals surface area contributed by atoms with E-state index in [1.54, 1.807) is 0 Å². The molecule has 0 spiro atoms. The molecular formula is C50H32N4. The zero-order chi connectivity index (χ0) is 37.0. The smallest absolute Gasteiger partial charge is 0.158 e. The molecule has 6 aliphatic rings. The Bertz CT molecular complexity index is 2470. The molecule has 0 aliphatic heterocycles. The molecule has 0 bridgehead atoms. The third-order valence-electron chi connectivity index (χ3n) is 10.6. The van der Waals surface area contributed by atoms with Crippen LogP contribution in [0.4, 0.5) is 0 Å². The lowest BCUT2D eigenvalue weighted by molar-refractivity contribution is 0.969. The Morgan fingerprint density at radius 1 is 0.296 bits per heavy atom. The van der Waals surface area contributed by atoms with Crippen LogP contribution in [-0.4, -0.2) is 0 Å². The van der Waals surface area contributed by atoms with E-state index >= 15 is 0 Å². The first-order valence-corrected chi connectivity index (χ1v) is 17.9. The van der Waals surface area contributed by atoms with E-state index in [0.717, 1.165) is 55.6 Å². The van der Waals surface area contributed by atoms with Crippen LogP contribution in [0.2, 0.25) is 0 Å². The van der Waals surface area contributed by atoms with Gasteiger partial charge in [-0.15, -0.1) is 0 Å². The predicted molar refractivity (Wildman–Crippen MR) is 212 cm³/mol. The first-order chi connectivity index (χ1) is 26.6. The zero-order valence-corrected chi connectivity index (χ0v) is 29.3. The van der Waals surface area contributed by atoms with Crippen LogP contribution >= 0.6 is 0 Å². The van der Waals surface area contributed by atoms with Crippen LogP contribution in [0.3, 0.4) is 0 Å². The maximum Gasteiger partial charge on any atom is 0.158 e. The minimum atomic E-state index is -0.841. The standard InChI is InChI=1S/C50H32N4/c51-29-39(30-52)33-16-20-37(21-17-33)49(45-26-24-35-10-4-1-6-12-41(35)45)47-28-48(44-15-9-3-8-14-43(44)47)50(38-22-18-34(19-23-38)40(31-53)32-54)46-27-25-36-11-5-2-7-13-42(36)46/h1-28,39-40,49-50H. The molecule has 2 atom stereocenters. The van der Waals surface area contributed by atoms with Crippen LogP contribution in [0, 0.1) is 45.3 Å². The van der Waals surface area contributed by atoms with Crippen molar-refractivity contribution >= 4 is 0 Å². The van der Waals surface area contributed by atoms with Gasteiger partial charge in [-0.2, -0.15) is 21.0 Å². The Labute approximate surface area is 315 Å². The molecule has 4 heteroatoms. The van der Waals surface area contributed by atoms with E-state index in [4.69, 9.17) is 0 Å². The summed E-state index contributed by atoms with van der Waals surface area (Å²) in [7, 11) is 0. The monoisotopic (exact) mass is 688 g/mol. The number of hydrogen-bond acceptors (Lipinski definition) is 4. The quantitative estimate of drug-likeness (QED) is 0.159. The van der Waals surface area contributed by atoms with E-state index in [2.05, 4.69) is 158 Å². The summed E-state index contributed by atoms with van der Waals surface area (Å²) in [5.41, 5.74) is 15.0. The van der Waals surface area contributed by atoms with Crippen molar-refractivity contribution in [3.63, 3.8) is 0 Å². The van der Waals surface area contributed by atoms with Gasteiger partial charge in [0.15, 0.2) is 11.8 Å². The van der Waals surface area contributed by atoms with E-state index in [0.29, 0.717) is 11.1 Å². The topological polar surface area (TPSA) is 95.2 Å². The fraction of sp³-hybridized carbons (Fsp3) is 0.0800. The van der Waals surface area contributed by atoms with Gasteiger partial charge in [0.25, 0.3) is 0 Å². The van der Waals surface area contributed by atoms with E-state index < -0.39 is 11.8 Å². The van der Waals surface area contributed by atoms with E-state index in [1.807, 2.05) is 36.4 Å². The second-order valence-electron chi connectivity index (χ2n) is 13.5. The molecule has 2 aromatic carbocycles. The summed E-state index contributed by atoms with van der Waals surface area (Å²) in [5, 5.41) is 38.6. The number of nitrogens with zero attached hydrogens (tertiary/aromatic N) is 4. The first-order valence-electron chi connectivity index (χ1n) is 17.9. The molecule has 0 fully saturated rings. The van der Waals surface area contributed by atoms with Crippen molar-refractivity contribution in [2.75, 3.05) is 0 Å². The van der Waals surface area contributed by atoms with Gasteiger partial charge in [0.1, 0.15) is 0 Å². The summed E-state index contributed by atoms with van der Waals surface area (Å²) >= 11 is 0. The first kappa shape index (κ1) is 33.6. The highest BCUT2D eigenvalue weighted by atomic mass is 14.4. The molecule has 6 aliphatic carbocycles. The van der Waals surface area contributed by atoms with Crippen LogP contribution in [0.5, 0.6) is 0 Å². The molecule has 54 heavy (non-hydrogen) atoms. The summed E-state index contributed by atoms with van der Waals surface area (Å²) in [6.45, 7) is 0. The normalized spacial score (nSPS) is 12.2. The maximum atomic E-state index is 9.64. The highest BCUT2D eigenvalue weighted by Crippen LogP contribution is 2.50. The van der Waals surface area contributed by atoms with Crippen molar-refractivity contribution < 1.29 is 0 Å². The SMILES string of the molecule is N#CC(C#N)c1ccc(C(c2ccc3cccccc2-3)c2cc(C(c3ccc(C(C#N)C#N)cc3)c3ccc4cccccc3-4)c3cccccc2-3)cc1. The van der Waals surface area contributed by atoms with Crippen LogP contribution < -0.4 is 0 Å². The number of hydrogen-bond donors (Lipinski definition) is 0. The average molecular weight is 689 g/mol. The molecule has 2 unspecified atom stereocenters. The third kappa shape index (κ3) is 6.00. The zero-order valence-electron chi connectivity index (χ0n) is 29.3. The fourth-order valence-corrected chi connectivity index (χ4v) is 8.00. The van der Waals surface area contributed by atoms with Crippen LogP contribution in [0.1, 0.15) is 68.2 Å². The molecule has 0 aromatic heterocycles. The van der Waals surface area contributed by atoms with Crippen molar-refractivity contribution in [1.82, 2.24) is 0 Å². The van der Waals surface area contributed by atoms with Gasteiger partial charge >= 0.3 is 0 Å². The molecule has 8 rings (SSSR count). The summed E-state index contributed by atoms with van der Waals surface area (Å²) in [6.07, 6.45) is 0. The van der Waals surface area contributed by atoms with Gasteiger partial charge in [0.05, 0.1) is 24.3 Å². The van der Waals surface area contributed by atoms with Gasteiger partial charge in [-0.05, 0) is 77.9 Å². The minimum absolute atomic E-state index is 0.176. The van der Waals surface area contributed by atoms with Gasteiger partial charge in [-0.1, -0.05) is 170 Å².